The third-order valence-electron chi connectivity index (χ3n) is 3.93. The molecule has 0 fully saturated rings. The molecule has 0 atom stereocenters. The van der Waals surface area contributed by atoms with Gasteiger partial charge in [-0.05, 0) is 30.7 Å². The van der Waals surface area contributed by atoms with E-state index < -0.39 is 0 Å². The number of hydrogen-bond donors (Lipinski definition) is 1. The van der Waals surface area contributed by atoms with Gasteiger partial charge in [0.2, 0.25) is 5.91 Å². The summed E-state index contributed by atoms with van der Waals surface area (Å²) < 4.78 is 10.5. The zero-order valence-corrected chi connectivity index (χ0v) is 16.1. The summed E-state index contributed by atoms with van der Waals surface area (Å²) in [5.74, 6) is 1.07. The van der Waals surface area contributed by atoms with E-state index in [9.17, 15) is 4.79 Å². The largest absolute Gasteiger partial charge is 0.493 e. The molecule has 0 radical (unpaired) electrons. The molecule has 0 bridgehead atoms. The molecular formula is C20H21N3O3S. The average molecular weight is 383 g/mol. The Labute approximate surface area is 162 Å². The summed E-state index contributed by atoms with van der Waals surface area (Å²) in [6.07, 6.45) is 3.68. The van der Waals surface area contributed by atoms with Gasteiger partial charge in [-0.2, -0.15) is 0 Å². The molecule has 2 aromatic heterocycles. The zero-order valence-electron chi connectivity index (χ0n) is 15.3. The van der Waals surface area contributed by atoms with E-state index in [-0.39, 0.29) is 12.3 Å². The van der Waals surface area contributed by atoms with Gasteiger partial charge in [0.1, 0.15) is 0 Å². The zero-order chi connectivity index (χ0) is 19.1. The Bertz CT molecular complexity index is 896. The maximum absolute atomic E-state index is 12.3. The lowest BCUT2D eigenvalue weighted by molar-refractivity contribution is -0.115. The van der Waals surface area contributed by atoms with E-state index in [4.69, 9.17) is 9.47 Å². The number of aromatic nitrogens is 2. The highest BCUT2D eigenvalue weighted by Gasteiger charge is 2.10. The summed E-state index contributed by atoms with van der Waals surface area (Å²) in [7, 11) is 3.13. The summed E-state index contributed by atoms with van der Waals surface area (Å²) in [6, 6.07) is 11.2. The molecule has 6 nitrogen and oxygen atoms in total. The van der Waals surface area contributed by atoms with Crippen LogP contribution < -0.4 is 14.8 Å². The van der Waals surface area contributed by atoms with Gasteiger partial charge in [0.15, 0.2) is 11.5 Å². The lowest BCUT2D eigenvalue weighted by atomic mass is 10.2. The van der Waals surface area contributed by atoms with Crippen molar-refractivity contribution in [1.82, 2.24) is 9.97 Å². The van der Waals surface area contributed by atoms with Gasteiger partial charge in [-0.3, -0.25) is 9.78 Å². The van der Waals surface area contributed by atoms with Crippen LogP contribution in [0.5, 0.6) is 11.5 Å². The monoisotopic (exact) mass is 383 g/mol. The highest BCUT2D eigenvalue weighted by molar-refractivity contribution is 7.09. The number of benzene rings is 1. The van der Waals surface area contributed by atoms with Gasteiger partial charge >= 0.3 is 0 Å². The predicted octanol–water partition coefficient (Wildman–Crippen LogP) is 3.52. The molecule has 0 aliphatic carbocycles. The number of amides is 1. The summed E-state index contributed by atoms with van der Waals surface area (Å²) in [6.45, 7) is 0. The smallest absolute Gasteiger partial charge is 0.230 e. The molecule has 0 unspecified atom stereocenters. The number of nitrogens with zero attached hydrogens (tertiary/aromatic N) is 2. The standard InChI is InChI=1S/C20H21N3O3S/c1-25-17-8-6-15(11-18(17)26-2)22-19(24)12-16-13-27-20(23-16)9-7-14-5-3-4-10-21-14/h3-6,8,10-11,13H,7,9,12H2,1-2H3,(H,22,24). The van der Waals surface area contributed by atoms with Crippen molar-refractivity contribution >= 4 is 22.9 Å². The minimum atomic E-state index is -0.121. The van der Waals surface area contributed by atoms with Crippen molar-refractivity contribution in [3.8, 4) is 11.5 Å². The quantitative estimate of drug-likeness (QED) is 0.644. The van der Waals surface area contributed by atoms with E-state index in [1.54, 1.807) is 50.0 Å². The number of pyridine rings is 1. The van der Waals surface area contributed by atoms with Crippen molar-refractivity contribution in [2.45, 2.75) is 19.3 Å². The van der Waals surface area contributed by atoms with Crippen LogP contribution in [0.4, 0.5) is 5.69 Å². The number of hydrogen-bond acceptors (Lipinski definition) is 6. The van der Waals surface area contributed by atoms with Crippen LogP contribution >= 0.6 is 11.3 Å². The van der Waals surface area contributed by atoms with Gasteiger partial charge in [0.05, 0.1) is 31.3 Å². The molecular weight excluding hydrogens is 362 g/mol. The molecule has 7 heteroatoms. The van der Waals surface area contributed by atoms with Crippen LogP contribution in [0.2, 0.25) is 0 Å². The topological polar surface area (TPSA) is 73.3 Å². The molecule has 3 aromatic rings. The molecule has 0 saturated heterocycles. The van der Waals surface area contributed by atoms with Crippen LogP contribution in [0, 0.1) is 0 Å². The molecule has 0 aliphatic heterocycles. The van der Waals surface area contributed by atoms with Crippen molar-refractivity contribution in [1.29, 1.82) is 0 Å². The summed E-state index contributed by atoms with van der Waals surface area (Å²) in [5, 5.41) is 5.81. The Balaban J connectivity index is 1.54. The van der Waals surface area contributed by atoms with Crippen molar-refractivity contribution in [2.24, 2.45) is 0 Å². The maximum Gasteiger partial charge on any atom is 0.230 e. The van der Waals surface area contributed by atoms with E-state index >= 15 is 0 Å². The minimum absolute atomic E-state index is 0.121. The molecule has 0 spiro atoms. The molecule has 0 aliphatic rings. The van der Waals surface area contributed by atoms with Crippen molar-refractivity contribution in [3.05, 3.63) is 64.4 Å². The second-order valence-corrected chi connectivity index (χ2v) is 6.79. The van der Waals surface area contributed by atoms with E-state index in [2.05, 4.69) is 15.3 Å². The maximum atomic E-state index is 12.3. The lowest BCUT2D eigenvalue weighted by Crippen LogP contribution is -2.14. The first-order chi connectivity index (χ1) is 13.2. The summed E-state index contributed by atoms with van der Waals surface area (Å²) >= 11 is 1.57. The first-order valence-electron chi connectivity index (χ1n) is 8.53. The van der Waals surface area contributed by atoms with Crippen LogP contribution in [0.15, 0.2) is 48.0 Å². The van der Waals surface area contributed by atoms with Crippen molar-refractivity contribution in [2.75, 3.05) is 19.5 Å². The van der Waals surface area contributed by atoms with Gasteiger partial charge in [-0.15, -0.1) is 11.3 Å². The Kier molecular flexibility index (Phi) is 6.38. The third kappa shape index (κ3) is 5.27. The van der Waals surface area contributed by atoms with Crippen LogP contribution in [-0.4, -0.2) is 30.1 Å². The Morgan fingerprint density at radius 3 is 2.67 bits per heavy atom. The number of ether oxygens (including phenoxy) is 2. The highest BCUT2D eigenvalue weighted by atomic mass is 32.1. The highest BCUT2D eigenvalue weighted by Crippen LogP contribution is 2.29. The van der Waals surface area contributed by atoms with Crippen LogP contribution in [0.1, 0.15) is 16.4 Å². The minimum Gasteiger partial charge on any atom is -0.493 e. The molecule has 3 rings (SSSR count). The fourth-order valence-corrected chi connectivity index (χ4v) is 3.41. The molecule has 1 N–H and O–H groups in total. The van der Waals surface area contributed by atoms with Gasteiger partial charge in [-0.25, -0.2) is 4.98 Å². The first kappa shape index (κ1) is 18.8. The normalized spacial score (nSPS) is 10.4. The van der Waals surface area contributed by atoms with Gasteiger partial charge < -0.3 is 14.8 Å². The number of carbonyl (C=O) groups is 1. The second kappa shape index (κ2) is 9.14. The number of carbonyl (C=O) groups excluding carboxylic acids is 1. The number of thiazole rings is 1. The molecule has 1 aromatic carbocycles. The van der Waals surface area contributed by atoms with Gasteiger partial charge in [0.25, 0.3) is 0 Å². The van der Waals surface area contributed by atoms with E-state index in [0.29, 0.717) is 17.2 Å². The van der Waals surface area contributed by atoms with Gasteiger partial charge in [-0.1, -0.05) is 6.07 Å². The van der Waals surface area contributed by atoms with Crippen LogP contribution in [0.3, 0.4) is 0 Å². The molecule has 1 amide bonds. The fraction of sp³-hybridized carbons (Fsp3) is 0.250. The first-order valence-corrected chi connectivity index (χ1v) is 9.41. The second-order valence-electron chi connectivity index (χ2n) is 5.85. The Hall–Kier alpha value is -2.93. The average Bonchev–Trinajstić information content (AvgIpc) is 3.14. The predicted molar refractivity (Wildman–Crippen MR) is 106 cm³/mol. The Morgan fingerprint density at radius 2 is 1.93 bits per heavy atom. The number of rotatable bonds is 8. The Morgan fingerprint density at radius 1 is 1.07 bits per heavy atom. The van der Waals surface area contributed by atoms with E-state index in [1.165, 1.54) is 0 Å². The number of aryl methyl sites for hydroxylation is 2. The number of nitrogens with one attached hydrogen (secondary N) is 1. The van der Waals surface area contributed by atoms with Crippen molar-refractivity contribution < 1.29 is 14.3 Å². The number of anilines is 1. The lowest BCUT2D eigenvalue weighted by Gasteiger charge is -2.10. The molecule has 27 heavy (non-hydrogen) atoms. The number of methoxy groups -OCH3 is 2. The summed E-state index contributed by atoms with van der Waals surface area (Å²) in [5.41, 5.74) is 2.47. The molecule has 0 saturated carbocycles. The van der Waals surface area contributed by atoms with E-state index in [1.807, 2.05) is 23.6 Å². The molecule has 2 heterocycles. The SMILES string of the molecule is COc1ccc(NC(=O)Cc2csc(CCc3ccccn3)n2)cc1OC. The third-order valence-corrected chi connectivity index (χ3v) is 4.89. The van der Waals surface area contributed by atoms with Crippen LogP contribution in [0.25, 0.3) is 0 Å². The molecule has 140 valence electrons. The fourth-order valence-electron chi connectivity index (χ4n) is 2.61. The summed E-state index contributed by atoms with van der Waals surface area (Å²) in [4.78, 5) is 21.2. The van der Waals surface area contributed by atoms with Crippen molar-refractivity contribution in [3.63, 3.8) is 0 Å². The van der Waals surface area contributed by atoms with E-state index in [0.717, 1.165) is 29.2 Å². The van der Waals surface area contributed by atoms with Gasteiger partial charge in [0, 0.05) is 35.4 Å². The van der Waals surface area contributed by atoms with Crippen LogP contribution in [-0.2, 0) is 24.1 Å².